The Morgan fingerprint density at radius 1 is 1.23 bits per heavy atom. The molecule has 0 atom stereocenters. The van der Waals surface area contributed by atoms with Gasteiger partial charge >= 0.3 is 0 Å². The van der Waals surface area contributed by atoms with Crippen molar-refractivity contribution in [2.45, 2.75) is 6.54 Å². The highest BCUT2D eigenvalue weighted by atomic mass is 16.5. The van der Waals surface area contributed by atoms with Gasteiger partial charge in [0.15, 0.2) is 0 Å². The third-order valence-electron chi connectivity index (χ3n) is 3.74. The van der Waals surface area contributed by atoms with Crippen LogP contribution in [-0.2, 0) is 13.6 Å². The lowest BCUT2D eigenvalue weighted by atomic mass is 10.1. The standard InChI is InChI=1S/C17H15N3O2/c1-19-7-5-13-6-8-20(17(21)16(13)19)11-12-3-4-15(22-2)14(9-12)10-18/h3-9H,11H2,1-2H3. The first-order valence-corrected chi connectivity index (χ1v) is 6.85. The van der Waals surface area contributed by atoms with Crippen LogP contribution in [0.5, 0.6) is 5.75 Å². The molecular formula is C17H15N3O2. The number of rotatable bonds is 3. The molecule has 0 bridgehead atoms. The maximum Gasteiger partial charge on any atom is 0.275 e. The first kappa shape index (κ1) is 14.0. The Hall–Kier alpha value is -3.00. The summed E-state index contributed by atoms with van der Waals surface area (Å²) in [5.41, 5.74) is 1.98. The largest absolute Gasteiger partial charge is 0.495 e. The molecule has 3 rings (SSSR count). The molecule has 5 nitrogen and oxygen atoms in total. The van der Waals surface area contributed by atoms with Crippen LogP contribution in [0.25, 0.3) is 10.9 Å². The smallest absolute Gasteiger partial charge is 0.275 e. The molecule has 0 fully saturated rings. The van der Waals surface area contributed by atoms with E-state index in [2.05, 4.69) is 6.07 Å². The number of nitriles is 1. The lowest BCUT2D eigenvalue weighted by Gasteiger charge is -2.09. The fourth-order valence-corrected chi connectivity index (χ4v) is 2.59. The summed E-state index contributed by atoms with van der Waals surface area (Å²) in [5.74, 6) is 0.538. The van der Waals surface area contributed by atoms with Crippen molar-refractivity contribution in [3.05, 3.63) is 64.2 Å². The third kappa shape index (κ3) is 2.25. The van der Waals surface area contributed by atoms with Crippen LogP contribution in [0.15, 0.2) is 47.5 Å². The molecule has 2 heterocycles. The molecule has 22 heavy (non-hydrogen) atoms. The molecule has 0 amide bonds. The second-order valence-electron chi connectivity index (χ2n) is 5.13. The van der Waals surface area contributed by atoms with Crippen LogP contribution < -0.4 is 10.3 Å². The highest BCUT2D eigenvalue weighted by Gasteiger charge is 2.08. The Bertz CT molecular complexity index is 945. The van der Waals surface area contributed by atoms with E-state index in [-0.39, 0.29) is 5.56 Å². The molecule has 0 aliphatic rings. The number of ether oxygens (including phenoxy) is 1. The van der Waals surface area contributed by atoms with E-state index >= 15 is 0 Å². The number of fused-ring (bicyclic) bond motifs is 1. The van der Waals surface area contributed by atoms with Crippen molar-refractivity contribution in [2.75, 3.05) is 7.11 Å². The molecule has 0 saturated heterocycles. The quantitative estimate of drug-likeness (QED) is 0.744. The number of hydrogen-bond acceptors (Lipinski definition) is 3. The van der Waals surface area contributed by atoms with Crippen molar-refractivity contribution < 1.29 is 4.74 Å². The zero-order valence-electron chi connectivity index (χ0n) is 12.4. The van der Waals surface area contributed by atoms with Crippen LogP contribution in [0, 0.1) is 11.3 Å². The van der Waals surface area contributed by atoms with Crippen LogP contribution in [0.2, 0.25) is 0 Å². The van der Waals surface area contributed by atoms with E-state index in [0.29, 0.717) is 23.4 Å². The van der Waals surface area contributed by atoms with Gasteiger partial charge in [0.25, 0.3) is 5.56 Å². The van der Waals surface area contributed by atoms with Crippen molar-refractivity contribution >= 4 is 10.9 Å². The van der Waals surface area contributed by atoms with Gasteiger partial charge in [-0.3, -0.25) is 4.79 Å². The molecule has 0 aliphatic carbocycles. The summed E-state index contributed by atoms with van der Waals surface area (Å²) < 4.78 is 8.60. The number of hydrogen-bond donors (Lipinski definition) is 0. The fraction of sp³-hybridized carbons (Fsp3) is 0.176. The number of benzene rings is 1. The molecule has 110 valence electrons. The molecular weight excluding hydrogens is 278 g/mol. The summed E-state index contributed by atoms with van der Waals surface area (Å²) in [5, 5.41) is 10.1. The Labute approximate surface area is 127 Å². The molecule has 5 heteroatoms. The van der Waals surface area contributed by atoms with Crippen molar-refractivity contribution in [2.24, 2.45) is 7.05 Å². The predicted molar refractivity (Wildman–Crippen MR) is 84.0 cm³/mol. The monoisotopic (exact) mass is 293 g/mol. The number of methoxy groups -OCH3 is 1. The molecule has 3 aromatic rings. The molecule has 0 N–H and O–H groups in total. The summed E-state index contributed by atoms with van der Waals surface area (Å²) >= 11 is 0. The molecule has 0 unspecified atom stereocenters. The van der Waals surface area contributed by atoms with Crippen molar-refractivity contribution in [1.82, 2.24) is 9.13 Å². The van der Waals surface area contributed by atoms with Gasteiger partial charge in [0.2, 0.25) is 0 Å². The van der Waals surface area contributed by atoms with E-state index < -0.39 is 0 Å². The zero-order valence-corrected chi connectivity index (χ0v) is 12.4. The van der Waals surface area contributed by atoms with Gasteiger partial charge in [0.1, 0.15) is 17.3 Å². The lowest BCUT2D eigenvalue weighted by Crippen LogP contribution is -2.21. The number of aromatic nitrogens is 2. The van der Waals surface area contributed by atoms with Crippen LogP contribution in [-0.4, -0.2) is 16.2 Å². The van der Waals surface area contributed by atoms with Gasteiger partial charge in [0, 0.05) is 24.8 Å². The van der Waals surface area contributed by atoms with Gasteiger partial charge < -0.3 is 13.9 Å². The van der Waals surface area contributed by atoms with E-state index in [1.54, 1.807) is 22.9 Å². The number of nitrogens with zero attached hydrogens (tertiary/aromatic N) is 3. The van der Waals surface area contributed by atoms with Crippen LogP contribution in [0.4, 0.5) is 0 Å². The Kier molecular flexibility index (Phi) is 3.43. The van der Waals surface area contributed by atoms with Crippen molar-refractivity contribution in [3.63, 3.8) is 0 Å². The van der Waals surface area contributed by atoms with Gasteiger partial charge in [-0.05, 0) is 29.8 Å². The topological polar surface area (TPSA) is 59.9 Å². The van der Waals surface area contributed by atoms with Gasteiger partial charge in [-0.1, -0.05) is 6.07 Å². The first-order chi connectivity index (χ1) is 10.6. The number of aryl methyl sites for hydroxylation is 1. The first-order valence-electron chi connectivity index (χ1n) is 6.85. The molecule has 0 radical (unpaired) electrons. The molecule has 2 aromatic heterocycles. The minimum absolute atomic E-state index is 0.0423. The SMILES string of the molecule is COc1ccc(Cn2ccc3ccn(C)c3c2=O)cc1C#N. The lowest BCUT2D eigenvalue weighted by molar-refractivity contribution is 0.413. The zero-order chi connectivity index (χ0) is 15.7. The van der Waals surface area contributed by atoms with Crippen LogP contribution in [0.3, 0.4) is 0 Å². The van der Waals surface area contributed by atoms with Gasteiger partial charge in [0.05, 0.1) is 19.2 Å². The van der Waals surface area contributed by atoms with Gasteiger partial charge in [-0.2, -0.15) is 5.26 Å². The van der Waals surface area contributed by atoms with Gasteiger partial charge in [-0.25, -0.2) is 0 Å². The fourth-order valence-electron chi connectivity index (χ4n) is 2.59. The maximum atomic E-state index is 12.5. The molecule has 0 saturated carbocycles. The minimum Gasteiger partial charge on any atom is -0.495 e. The summed E-state index contributed by atoms with van der Waals surface area (Å²) in [6.45, 7) is 0.415. The summed E-state index contributed by atoms with van der Waals surface area (Å²) in [4.78, 5) is 12.5. The maximum absolute atomic E-state index is 12.5. The van der Waals surface area contributed by atoms with Crippen LogP contribution >= 0.6 is 0 Å². The minimum atomic E-state index is -0.0423. The molecule has 0 aliphatic heterocycles. The van der Waals surface area contributed by atoms with E-state index in [4.69, 9.17) is 10.00 Å². The Morgan fingerprint density at radius 2 is 2.00 bits per heavy atom. The number of pyridine rings is 1. The van der Waals surface area contributed by atoms with E-state index in [9.17, 15) is 4.79 Å². The highest BCUT2D eigenvalue weighted by Crippen LogP contribution is 2.19. The summed E-state index contributed by atoms with van der Waals surface area (Å²) in [6.07, 6.45) is 3.65. The van der Waals surface area contributed by atoms with Gasteiger partial charge in [-0.15, -0.1) is 0 Å². The predicted octanol–water partition coefficient (Wildman–Crippen LogP) is 2.27. The van der Waals surface area contributed by atoms with Crippen molar-refractivity contribution in [1.29, 1.82) is 5.26 Å². The van der Waals surface area contributed by atoms with Crippen molar-refractivity contribution in [3.8, 4) is 11.8 Å². The van der Waals surface area contributed by atoms with E-state index in [0.717, 1.165) is 10.9 Å². The average Bonchev–Trinajstić information content (AvgIpc) is 2.92. The normalized spacial score (nSPS) is 10.6. The average molecular weight is 293 g/mol. The second kappa shape index (κ2) is 5.41. The molecule has 0 spiro atoms. The Balaban J connectivity index is 2.04. The van der Waals surface area contributed by atoms with Crippen LogP contribution in [0.1, 0.15) is 11.1 Å². The summed E-state index contributed by atoms with van der Waals surface area (Å²) in [7, 11) is 3.39. The van der Waals surface area contributed by atoms with E-state index in [1.165, 1.54) is 7.11 Å². The summed E-state index contributed by atoms with van der Waals surface area (Å²) in [6, 6.07) is 11.3. The Morgan fingerprint density at radius 3 is 2.73 bits per heavy atom. The van der Waals surface area contributed by atoms with E-state index in [1.807, 2.05) is 36.0 Å². The third-order valence-corrected chi connectivity index (χ3v) is 3.74. The second-order valence-corrected chi connectivity index (χ2v) is 5.13. The highest BCUT2D eigenvalue weighted by molar-refractivity contribution is 5.78. The molecule has 1 aromatic carbocycles.